The largest absolute Gasteiger partial charge is 0.487 e. The molecule has 1 heterocycles. The van der Waals surface area contributed by atoms with Crippen LogP contribution in [0.4, 0.5) is 18.0 Å². The Balaban J connectivity index is 2.04. The molecule has 1 aliphatic rings. The normalized spacial score (nSPS) is 16.5. The van der Waals surface area contributed by atoms with E-state index < -0.39 is 29.8 Å². The van der Waals surface area contributed by atoms with Crippen molar-refractivity contribution in [3.8, 4) is 5.75 Å². The van der Waals surface area contributed by atoms with Crippen LogP contribution in [0.1, 0.15) is 35.2 Å². The fourth-order valence-corrected chi connectivity index (χ4v) is 3.68. The van der Waals surface area contributed by atoms with Gasteiger partial charge in [-0.15, -0.1) is 0 Å². The number of benzene rings is 2. The second-order valence-electron chi connectivity index (χ2n) is 7.70. The lowest BCUT2D eigenvalue weighted by Crippen LogP contribution is -2.48. The molecule has 1 atom stereocenters. The van der Waals surface area contributed by atoms with Gasteiger partial charge in [0, 0.05) is 7.05 Å². The molecule has 1 N–H and O–H groups in total. The number of nitrogens with zero attached hydrogens (tertiary/aromatic N) is 1. The first-order valence-electron chi connectivity index (χ1n) is 10.3. The number of amides is 2. The maximum absolute atomic E-state index is 13.0. The Kier molecular flexibility index (Phi) is 7.00. The molecule has 3 rings (SSSR count). The van der Waals surface area contributed by atoms with Crippen LogP contribution in [0, 0.1) is 13.8 Å². The van der Waals surface area contributed by atoms with Gasteiger partial charge in [0.2, 0.25) is 0 Å². The number of nitrogens with one attached hydrogen (secondary N) is 1. The number of ether oxygens (including phenoxy) is 2. The number of alkyl halides is 3. The molecular formula is C24H25F3N2O4. The lowest BCUT2D eigenvalue weighted by molar-refractivity contribution is -0.139. The summed E-state index contributed by atoms with van der Waals surface area (Å²) in [5, 5.41) is 2.81. The molecule has 0 aliphatic carbocycles. The van der Waals surface area contributed by atoms with E-state index in [1.54, 1.807) is 6.92 Å². The molecule has 9 heteroatoms. The molecule has 2 aromatic carbocycles. The summed E-state index contributed by atoms with van der Waals surface area (Å²) in [6, 6.07) is 8.77. The maximum Gasteiger partial charge on any atom is 0.416 e. The van der Waals surface area contributed by atoms with Gasteiger partial charge in [-0.2, -0.15) is 13.2 Å². The standard InChI is InChI=1S/C24H25F3N2O4/c1-5-32-22(30)20-19(13-33-17-8-6-7-16(12-17)24(25,26)27)29(4)23(31)28-21(20)18-10-9-14(2)11-15(18)3/h6-12,21H,5,13H2,1-4H3,(H,28,31). The Morgan fingerprint density at radius 2 is 1.88 bits per heavy atom. The van der Waals surface area contributed by atoms with Crippen molar-refractivity contribution in [2.24, 2.45) is 0 Å². The summed E-state index contributed by atoms with van der Waals surface area (Å²) in [4.78, 5) is 26.9. The molecule has 0 bridgehead atoms. The van der Waals surface area contributed by atoms with E-state index in [9.17, 15) is 22.8 Å². The van der Waals surface area contributed by atoms with Gasteiger partial charge >= 0.3 is 18.2 Å². The minimum absolute atomic E-state index is 0.0389. The van der Waals surface area contributed by atoms with Crippen LogP contribution in [-0.2, 0) is 15.7 Å². The number of hydrogen-bond acceptors (Lipinski definition) is 4. The van der Waals surface area contributed by atoms with Gasteiger partial charge in [0.25, 0.3) is 0 Å². The second kappa shape index (κ2) is 9.56. The van der Waals surface area contributed by atoms with Crippen LogP contribution in [0.5, 0.6) is 5.75 Å². The molecule has 0 saturated carbocycles. The van der Waals surface area contributed by atoms with Gasteiger partial charge < -0.3 is 14.8 Å². The highest BCUT2D eigenvalue weighted by molar-refractivity contribution is 5.95. The average Bonchev–Trinajstić information content (AvgIpc) is 2.74. The van der Waals surface area contributed by atoms with E-state index in [4.69, 9.17) is 9.47 Å². The van der Waals surface area contributed by atoms with Gasteiger partial charge in [0.05, 0.1) is 29.5 Å². The van der Waals surface area contributed by atoms with E-state index in [1.807, 2.05) is 32.0 Å². The lowest BCUT2D eigenvalue weighted by Gasteiger charge is -2.35. The molecule has 1 aliphatic heterocycles. The number of aryl methyl sites for hydroxylation is 2. The second-order valence-corrected chi connectivity index (χ2v) is 7.70. The summed E-state index contributed by atoms with van der Waals surface area (Å²) in [6.07, 6.45) is -4.52. The van der Waals surface area contributed by atoms with E-state index in [0.717, 1.165) is 23.3 Å². The molecule has 176 valence electrons. The van der Waals surface area contributed by atoms with Crippen molar-refractivity contribution in [3.05, 3.63) is 76.0 Å². The molecule has 0 spiro atoms. The molecular weight excluding hydrogens is 437 g/mol. The van der Waals surface area contributed by atoms with Crippen molar-refractivity contribution in [1.29, 1.82) is 0 Å². The number of hydrogen-bond donors (Lipinski definition) is 1. The zero-order valence-electron chi connectivity index (χ0n) is 18.7. The van der Waals surface area contributed by atoms with E-state index in [2.05, 4.69) is 5.32 Å². The van der Waals surface area contributed by atoms with Crippen molar-refractivity contribution in [2.45, 2.75) is 33.0 Å². The number of carbonyl (C=O) groups is 2. The Morgan fingerprint density at radius 1 is 1.15 bits per heavy atom. The van der Waals surface area contributed by atoms with Crippen LogP contribution in [0.3, 0.4) is 0 Å². The molecule has 0 fully saturated rings. The van der Waals surface area contributed by atoms with Crippen molar-refractivity contribution < 1.29 is 32.2 Å². The van der Waals surface area contributed by atoms with Crippen molar-refractivity contribution in [3.63, 3.8) is 0 Å². The van der Waals surface area contributed by atoms with Crippen molar-refractivity contribution in [2.75, 3.05) is 20.3 Å². The molecule has 6 nitrogen and oxygen atoms in total. The maximum atomic E-state index is 13.0. The zero-order chi connectivity index (χ0) is 24.3. The molecule has 1 unspecified atom stereocenters. The topological polar surface area (TPSA) is 67.9 Å². The third kappa shape index (κ3) is 5.30. The molecule has 2 aromatic rings. The predicted molar refractivity (Wildman–Crippen MR) is 116 cm³/mol. The molecule has 2 amide bonds. The van der Waals surface area contributed by atoms with Crippen LogP contribution < -0.4 is 10.1 Å². The monoisotopic (exact) mass is 462 g/mol. The highest BCUT2D eigenvalue weighted by Crippen LogP contribution is 2.34. The van der Waals surface area contributed by atoms with E-state index in [1.165, 1.54) is 24.1 Å². The minimum atomic E-state index is -4.52. The molecule has 33 heavy (non-hydrogen) atoms. The number of halogens is 3. The lowest BCUT2D eigenvalue weighted by atomic mass is 9.91. The van der Waals surface area contributed by atoms with Crippen LogP contribution in [0.25, 0.3) is 0 Å². The Morgan fingerprint density at radius 3 is 2.52 bits per heavy atom. The van der Waals surface area contributed by atoms with Crippen LogP contribution in [-0.4, -0.2) is 37.2 Å². The minimum Gasteiger partial charge on any atom is -0.487 e. The summed E-state index contributed by atoms with van der Waals surface area (Å²) in [6.45, 7) is 5.27. The van der Waals surface area contributed by atoms with Gasteiger partial charge in [-0.05, 0) is 50.1 Å². The molecule has 0 radical (unpaired) electrons. The molecule has 0 aromatic heterocycles. The summed E-state index contributed by atoms with van der Waals surface area (Å²) in [5.41, 5.74) is 2.11. The number of likely N-dealkylation sites (N-methyl/N-ethyl adjacent to an activating group) is 1. The first kappa shape index (κ1) is 24.2. The van der Waals surface area contributed by atoms with Gasteiger partial charge in [-0.1, -0.05) is 29.8 Å². The smallest absolute Gasteiger partial charge is 0.416 e. The Labute approximate surface area is 190 Å². The van der Waals surface area contributed by atoms with Crippen molar-refractivity contribution in [1.82, 2.24) is 10.2 Å². The highest BCUT2D eigenvalue weighted by Gasteiger charge is 2.38. The molecule has 0 saturated heterocycles. The summed E-state index contributed by atoms with van der Waals surface area (Å²) in [5.74, 6) is -0.681. The first-order chi connectivity index (χ1) is 15.5. The van der Waals surface area contributed by atoms with Crippen molar-refractivity contribution >= 4 is 12.0 Å². The summed E-state index contributed by atoms with van der Waals surface area (Å²) >= 11 is 0. The number of urea groups is 1. The van der Waals surface area contributed by atoms with Crippen LogP contribution in [0.15, 0.2) is 53.7 Å². The van der Waals surface area contributed by atoms with Crippen LogP contribution >= 0.6 is 0 Å². The van der Waals surface area contributed by atoms with Crippen LogP contribution in [0.2, 0.25) is 0 Å². The van der Waals surface area contributed by atoms with Gasteiger partial charge in [0.15, 0.2) is 0 Å². The number of rotatable bonds is 6. The Bertz CT molecular complexity index is 1100. The van der Waals surface area contributed by atoms with Gasteiger partial charge in [-0.25, -0.2) is 9.59 Å². The fraction of sp³-hybridized carbons (Fsp3) is 0.333. The quantitative estimate of drug-likeness (QED) is 0.620. The third-order valence-corrected chi connectivity index (χ3v) is 5.35. The van der Waals surface area contributed by atoms with E-state index in [-0.39, 0.29) is 30.2 Å². The van der Waals surface area contributed by atoms with E-state index in [0.29, 0.717) is 5.56 Å². The summed E-state index contributed by atoms with van der Waals surface area (Å²) < 4.78 is 50.0. The number of carbonyl (C=O) groups excluding carboxylic acids is 2. The van der Waals surface area contributed by atoms with E-state index >= 15 is 0 Å². The number of esters is 1. The van der Waals surface area contributed by atoms with Gasteiger partial charge in [0.1, 0.15) is 12.4 Å². The third-order valence-electron chi connectivity index (χ3n) is 5.35. The average molecular weight is 462 g/mol. The zero-order valence-corrected chi connectivity index (χ0v) is 18.7. The first-order valence-corrected chi connectivity index (χ1v) is 10.3. The van der Waals surface area contributed by atoms with Gasteiger partial charge in [-0.3, -0.25) is 4.90 Å². The summed E-state index contributed by atoms with van der Waals surface area (Å²) in [7, 11) is 1.46. The predicted octanol–water partition coefficient (Wildman–Crippen LogP) is 4.91. The fourth-order valence-electron chi connectivity index (χ4n) is 3.68. The highest BCUT2D eigenvalue weighted by atomic mass is 19.4. The Hall–Kier alpha value is -3.49. The SMILES string of the molecule is CCOC(=O)C1=C(COc2cccc(C(F)(F)F)c2)N(C)C(=O)NC1c1ccc(C)cc1C.